The highest BCUT2D eigenvalue weighted by Gasteiger charge is 2.26. The monoisotopic (exact) mass is 334 g/mol. The number of rotatable bonds is 12. The zero-order valence-electron chi connectivity index (χ0n) is 14.6. The quantitative estimate of drug-likeness (QED) is 0.417. The van der Waals surface area contributed by atoms with Crippen molar-refractivity contribution in [3.63, 3.8) is 0 Å². The van der Waals surface area contributed by atoms with E-state index in [0.29, 0.717) is 6.42 Å². The molecule has 0 aromatic carbocycles. The third-order valence-electron chi connectivity index (χ3n) is 4.28. The van der Waals surface area contributed by atoms with Crippen molar-refractivity contribution in [2.24, 2.45) is 11.8 Å². The molecule has 0 aromatic heterocycles. The number of carbonyl (C=O) groups is 2. The second kappa shape index (κ2) is 11.8. The second-order valence-corrected chi connectivity index (χ2v) is 6.39. The number of aliphatic hydroxyl groups excluding tert-OH is 1. The summed E-state index contributed by atoms with van der Waals surface area (Å²) in [5.74, 6) is -0.728. The SMILES string of the molecule is CCCCCC(O)/C=C/[C@@H]1C(=O)C=C[C@@H]1C/C=C\CCCC(=O)O. The molecule has 1 rings (SSSR count). The first-order valence-electron chi connectivity index (χ1n) is 8.99. The predicted molar refractivity (Wildman–Crippen MR) is 95.7 cm³/mol. The van der Waals surface area contributed by atoms with E-state index in [-0.39, 0.29) is 24.0 Å². The molecule has 1 aliphatic rings. The van der Waals surface area contributed by atoms with Gasteiger partial charge in [-0.05, 0) is 37.7 Å². The van der Waals surface area contributed by atoms with Gasteiger partial charge in [0.25, 0.3) is 0 Å². The van der Waals surface area contributed by atoms with Crippen LogP contribution in [0.1, 0.15) is 58.3 Å². The normalized spacial score (nSPS) is 22.0. The van der Waals surface area contributed by atoms with Crippen LogP contribution in [-0.2, 0) is 9.59 Å². The summed E-state index contributed by atoms with van der Waals surface area (Å²) >= 11 is 0. The zero-order chi connectivity index (χ0) is 17.8. The Bertz CT molecular complexity index is 476. The number of carbonyl (C=O) groups excluding carboxylic acids is 1. The second-order valence-electron chi connectivity index (χ2n) is 6.39. The van der Waals surface area contributed by atoms with Gasteiger partial charge in [-0.1, -0.05) is 56.6 Å². The molecule has 0 heterocycles. The molecule has 0 saturated heterocycles. The van der Waals surface area contributed by atoms with Gasteiger partial charge < -0.3 is 10.2 Å². The van der Waals surface area contributed by atoms with E-state index in [9.17, 15) is 14.7 Å². The fourth-order valence-corrected chi connectivity index (χ4v) is 2.81. The predicted octanol–water partition coefficient (Wildman–Crippen LogP) is 4.06. The fourth-order valence-electron chi connectivity index (χ4n) is 2.81. The highest BCUT2D eigenvalue weighted by molar-refractivity contribution is 5.95. The minimum Gasteiger partial charge on any atom is -0.481 e. The number of carboxylic acid groups (broad SMARTS) is 1. The molecular formula is C20H30O4. The number of carboxylic acids is 1. The van der Waals surface area contributed by atoms with Crippen LogP contribution in [0, 0.1) is 11.8 Å². The molecule has 4 heteroatoms. The van der Waals surface area contributed by atoms with Crippen LogP contribution in [-0.4, -0.2) is 28.1 Å². The molecule has 1 unspecified atom stereocenters. The number of unbranched alkanes of at least 4 members (excludes halogenated alkanes) is 3. The van der Waals surface area contributed by atoms with Crippen LogP contribution in [0.25, 0.3) is 0 Å². The van der Waals surface area contributed by atoms with Gasteiger partial charge in [-0.15, -0.1) is 0 Å². The maximum atomic E-state index is 12.0. The van der Waals surface area contributed by atoms with Gasteiger partial charge in [0.2, 0.25) is 0 Å². The Balaban J connectivity index is 2.38. The Kier molecular flexibility index (Phi) is 10.0. The van der Waals surface area contributed by atoms with Crippen molar-refractivity contribution in [3.05, 3.63) is 36.5 Å². The fraction of sp³-hybridized carbons (Fsp3) is 0.600. The molecule has 0 aromatic rings. The Morgan fingerprint density at radius 2 is 2.08 bits per heavy atom. The Labute approximate surface area is 145 Å². The Morgan fingerprint density at radius 1 is 1.29 bits per heavy atom. The summed E-state index contributed by atoms with van der Waals surface area (Å²) in [5, 5.41) is 18.5. The van der Waals surface area contributed by atoms with Crippen LogP contribution >= 0.6 is 0 Å². The maximum Gasteiger partial charge on any atom is 0.303 e. The standard InChI is InChI=1S/C20H30O4/c1-2-3-6-10-17(21)13-14-18-16(12-15-19(18)22)9-7-4-5-8-11-20(23)24/h4,7,12-18,21H,2-3,5-6,8-11H2,1H3,(H,23,24)/b7-4-,14-13+/t16-,17?,18-/m0/s1. The van der Waals surface area contributed by atoms with Gasteiger partial charge in [-0.25, -0.2) is 0 Å². The zero-order valence-corrected chi connectivity index (χ0v) is 14.6. The van der Waals surface area contributed by atoms with E-state index in [1.54, 1.807) is 12.2 Å². The van der Waals surface area contributed by atoms with Gasteiger partial charge in [-0.2, -0.15) is 0 Å². The number of hydrogen-bond acceptors (Lipinski definition) is 3. The van der Waals surface area contributed by atoms with Crippen LogP contribution in [0.2, 0.25) is 0 Å². The summed E-state index contributed by atoms with van der Waals surface area (Å²) in [4.78, 5) is 22.4. The number of hydrogen-bond donors (Lipinski definition) is 2. The van der Waals surface area contributed by atoms with Gasteiger partial charge in [0, 0.05) is 12.3 Å². The van der Waals surface area contributed by atoms with Gasteiger partial charge in [-0.3, -0.25) is 9.59 Å². The molecule has 0 radical (unpaired) electrons. The largest absolute Gasteiger partial charge is 0.481 e. The molecule has 0 spiro atoms. The van der Waals surface area contributed by atoms with E-state index < -0.39 is 12.1 Å². The number of allylic oxidation sites excluding steroid dienone is 5. The average molecular weight is 334 g/mol. The summed E-state index contributed by atoms with van der Waals surface area (Å²) < 4.78 is 0. The molecule has 0 aliphatic heterocycles. The molecule has 0 saturated carbocycles. The minimum absolute atomic E-state index is 0.0938. The van der Waals surface area contributed by atoms with E-state index in [4.69, 9.17) is 5.11 Å². The lowest BCUT2D eigenvalue weighted by Crippen LogP contribution is -2.14. The topological polar surface area (TPSA) is 74.6 Å². The molecule has 0 fully saturated rings. The van der Waals surface area contributed by atoms with E-state index in [2.05, 4.69) is 6.92 Å². The first-order chi connectivity index (χ1) is 11.5. The molecule has 1 aliphatic carbocycles. The molecule has 24 heavy (non-hydrogen) atoms. The van der Waals surface area contributed by atoms with Gasteiger partial charge in [0.05, 0.1) is 6.10 Å². The molecule has 0 bridgehead atoms. The summed E-state index contributed by atoms with van der Waals surface area (Å²) in [6.07, 6.45) is 17.0. The number of ketones is 1. The van der Waals surface area contributed by atoms with E-state index in [1.165, 1.54) is 0 Å². The lowest BCUT2D eigenvalue weighted by atomic mass is 9.90. The lowest BCUT2D eigenvalue weighted by Gasteiger charge is -2.13. The summed E-state index contributed by atoms with van der Waals surface area (Å²) in [5.41, 5.74) is 0. The van der Waals surface area contributed by atoms with Gasteiger partial charge >= 0.3 is 5.97 Å². The van der Waals surface area contributed by atoms with Crippen LogP contribution in [0.15, 0.2) is 36.5 Å². The Hall–Kier alpha value is -1.68. The third-order valence-corrected chi connectivity index (χ3v) is 4.28. The molecule has 4 nitrogen and oxygen atoms in total. The molecule has 3 atom stereocenters. The highest BCUT2D eigenvalue weighted by atomic mass is 16.4. The van der Waals surface area contributed by atoms with Gasteiger partial charge in [0.15, 0.2) is 5.78 Å². The summed E-state index contributed by atoms with van der Waals surface area (Å²) in [6.45, 7) is 2.13. The van der Waals surface area contributed by atoms with Crippen molar-refractivity contribution >= 4 is 11.8 Å². The van der Waals surface area contributed by atoms with E-state index >= 15 is 0 Å². The maximum absolute atomic E-state index is 12.0. The van der Waals surface area contributed by atoms with Crippen LogP contribution < -0.4 is 0 Å². The highest BCUT2D eigenvalue weighted by Crippen LogP contribution is 2.27. The van der Waals surface area contributed by atoms with Crippen molar-refractivity contribution in [2.75, 3.05) is 0 Å². The third kappa shape index (κ3) is 8.25. The first kappa shape index (κ1) is 20.4. The minimum atomic E-state index is -0.768. The van der Waals surface area contributed by atoms with Crippen molar-refractivity contribution < 1.29 is 19.8 Å². The molecular weight excluding hydrogens is 304 g/mol. The van der Waals surface area contributed by atoms with Crippen molar-refractivity contribution in [1.82, 2.24) is 0 Å². The number of aliphatic carboxylic acids is 1. The molecule has 0 amide bonds. The van der Waals surface area contributed by atoms with E-state index in [0.717, 1.165) is 38.5 Å². The van der Waals surface area contributed by atoms with Crippen LogP contribution in [0.4, 0.5) is 0 Å². The lowest BCUT2D eigenvalue weighted by molar-refractivity contribution is -0.137. The number of aliphatic hydroxyl groups is 1. The average Bonchev–Trinajstić information content (AvgIpc) is 2.89. The van der Waals surface area contributed by atoms with E-state index in [1.807, 2.05) is 24.3 Å². The summed E-state index contributed by atoms with van der Waals surface area (Å²) in [6, 6.07) is 0. The van der Waals surface area contributed by atoms with Crippen molar-refractivity contribution in [2.45, 2.75) is 64.4 Å². The Morgan fingerprint density at radius 3 is 2.79 bits per heavy atom. The van der Waals surface area contributed by atoms with Crippen LogP contribution in [0.5, 0.6) is 0 Å². The summed E-state index contributed by atoms with van der Waals surface area (Å²) in [7, 11) is 0. The molecule has 134 valence electrons. The molecule has 2 N–H and O–H groups in total. The van der Waals surface area contributed by atoms with Crippen LogP contribution in [0.3, 0.4) is 0 Å². The smallest absolute Gasteiger partial charge is 0.303 e. The van der Waals surface area contributed by atoms with Crippen molar-refractivity contribution in [1.29, 1.82) is 0 Å². The van der Waals surface area contributed by atoms with Gasteiger partial charge in [0.1, 0.15) is 0 Å². The van der Waals surface area contributed by atoms with Crippen molar-refractivity contribution in [3.8, 4) is 0 Å². The first-order valence-corrected chi connectivity index (χ1v) is 8.99.